The molecule has 1 N–H and O–H groups in total. The summed E-state index contributed by atoms with van der Waals surface area (Å²) in [6, 6.07) is 16.3. The van der Waals surface area contributed by atoms with Crippen LogP contribution in [0.1, 0.15) is 18.4 Å². The Bertz CT molecular complexity index is 1190. The monoisotopic (exact) mass is 415 g/mol. The van der Waals surface area contributed by atoms with Crippen molar-refractivity contribution in [2.75, 3.05) is 31.1 Å². The zero-order valence-electron chi connectivity index (χ0n) is 17.5. The number of aromatic amines is 1. The van der Waals surface area contributed by atoms with Crippen molar-refractivity contribution in [2.24, 2.45) is 0 Å². The first-order chi connectivity index (χ1) is 15.2. The van der Waals surface area contributed by atoms with Gasteiger partial charge in [0.2, 0.25) is 17.6 Å². The maximum absolute atomic E-state index is 12.9. The first-order valence-corrected chi connectivity index (χ1v) is 10.7. The summed E-state index contributed by atoms with van der Waals surface area (Å²) in [4.78, 5) is 24.8. The quantitative estimate of drug-likeness (QED) is 0.538. The number of aromatic nitrogens is 3. The lowest BCUT2D eigenvalue weighted by atomic mass is 10.1. The first-order valence-electron chi connectivity index (χ1n) is 10.7. The molecule has 1 fully saturated rings. The Balaban J connectivity index is 1.19. The van der Waals surface area contributed by atoms with Crippen molar-refractivity contribution in [3.05, 3.63) is 66.2 Å². The van der Waals surface area contributed by atoms with Gasteiger partial charge in [-0.2, -0.15) is 4.98 Å². The highest BCUT2D eigenvalue weighted by atomic mass is 16.5. The highest BCUT2D eigenvalue weighted by Gasteiger charge is 2.22. The van der Waals surface area contributed by atoms with Crippen LogP contribution in [0.3, 0.4) is 0 Å². The van der Waals surface area contributed by atoms with Crippen molar-refractivity contribution in [1.82, 2.24) is 20.0 Å². The van der Waals surface area contributed by atoms with Crippen molar-refractivity contribution in [2.45, 2.75) is 19.8 Å². The third-order valence-corrected chi connectivity index (χ3v) is 5.91. The van der Waals surface area contributed by atoms with Crippen LogP contribution in [0.5, 0.6) is 0 Å². The molecule has 1 amide bonds. The molecule has 1 aliphatic heterocycles. The van der Waals surface area contributed by atoms with E-state index < -0.39 is 0 Å². The van der Waals surface area contributed by atoms with E-state index in [9.17, 15) is 4.79 Å². The van der Waals surface area contributed by atoms with Crippen molar-refractivity contribution >= 4 is 22.5 Å². The summed E-state index contributed by atoms with van der Waals surface area (Å²) in [5.41, 5.74) is 4.23. The zero-order chi connectivity index (χ0) is 21.2. The molecule has 7 nitrogen and oxygen atoms in total. The molecule has 158 valence electrons. The third-order valence-electron chi connectivity index (χ3n) is 5.91. The van der Waals surface area contributed by atoms with E-state index in [1.54, 1.807) is 0 Å². The number of piperazine rings is 1. The zero-order valence-corrected chi connectivity index (χ0v) is 17.5. The van der Waals surface area contributed by atoms with Gasteiger partial charge in [0.25, 0.3) is 0 Å². The number of H-pyrrole nitrogens is 1. The summed E-state index contributed by atoms with van der Waals surface area (Å²) in [6.07, 6.45) is 3.12. The molecule has 0 aliphatic carbocycles. The molecule has 1 saturated heterocycles. The van der Waals surface area contributed by atoms with Gasteiger partial charge >= 0.3 is 0 Å². The molecule has 0 unspecified atom stereocenters. The predicted molar refractivity (Wildman–Crippen MR) is 120 cm³/mol. The fourth-order valence-corrected chi connectivity index (χ4v) is 4.10. The highest BCUT2D eigenvalue weighted by molar-refractivity contribution is 5.89. The topological polar surface area (TPSA) is 78.3 Å². The van der Waals surface area contributed by atoms with Crippen molar-refractivity contribution < 1.29 is 9.32 Å². The fourth-order valence-electron chi connectivity index (χ4n) is 4.10. The molecule has 0 bridgehead atoms. The van der Waals surface area contributed by atoms with Crippen LogP contribution in [0.2, 0.25) is 0 Å². The molecule has 0 radical (unpaired) electrons. The average Bonchev–Trinajstić information content (AvgIpc) is 3.47. The van der Waals surface area contributed by atoms with Crippen molar-refractivity contribution in [3.63, 3.8) is 0 Å². The highest BCUT2D eigenvalue weighted by Crippen LogP contribution is 2.23. The van der Waals surface area contributed by atoms with Gasteiger partial charge in [-0.25, -0.2) is 0 Å². The minimum atomic E-state index is 0.184. The number of nitrogens with zero attached hydrogens (tertiary/aromatic N) is 4. The SMILES string of the molecule is CCc1nc(-c2ccc(N3CCN(C(=O)Cc4c[nH]c5ccccc45)CC3)cc2)no1. The number of carbonyl (C=O) groups excluding carboxylic acids is 1. The second-order valence-corrected chi connectivity index (χ2v) is 7.82. The van der Waals surface area contributed by atoms with Crippen LogP contribution in [-0.2, 0) is 17.6 Å². The minimum Gasteiger partial charge on any atom is -0.368 e. The van der Waals surface area contributed by atoms with E-state index in [4.69, 9.17) is 4.52 Å². The number of hydrogen-bond acceptors (Lipinski definition) is 5. The molecule has 2 aromatic heterocycles. The Morgan fingerprint density at radius 2 is 1.84 bits per heavy atom. The molecule has 5 rings (SSSR count). The molecule has 4 aromatic rings. The summed E-state index contributed by atoms with van der Waals surface area (Å²) in [5.74, 6) is 1.45. The van der Waals surface area contributed by atoms with Crippen LogP contribution in [0.25, 0.3) is 22.3 Å². The molecule has 0 atom stereocenters. The summed E-state index contributed by atoms with van der Waals surface area (Å²) in [5, 5.41) is 5.16. The average molecular weight is 415 g/mol. The number of amides is 1. The summed E-state index contributed by atoms with van der Waals surface area (Å²) < 4.78 is 5.20. The Morgan fingerprint density at radius 1 is 1.06 bits per heavy atom. The van der Waals surface area contributed by atoms with Crippen LogP contribution < -0.4 is 4.90 Å². The standard InChI is InChI=1S/C24H25N5O2/c1-2-22-26-24(27-31-22)17-7-9-19(10-8-17)28-11-13-29(14-12-28)23(30)15-18-16-25-21-6-4-3-5-20(18)21/h3-10,16,25H,2,11-15H2,1H3. The van der Waals surface area contributed by atoms with Crippen molar-refractivity contribution in [1.29, 1.82) is 0 Å². The molecule has 31 heavy (non-hydrogen) atoms. The molecule has 0 saturated carbocycles. The second kappa shape index (κ2) is 8.26. The normalized spacial score (nSPS) is 14.4. The molecule has 3 heterocycles. The fraction of sp³-hybridized carbons (Fsp3) is 0.292. The van der Waals surface area contributed by atoms with Gasteiger partial charge in [-0.3, -0.25) is 4.79 Å². The summed E-state index contributed by atoms with van der Waals surface area (Å²) in [6.45, 7) is 5.09. The van der Waals surface area contributed by atoms with Gasteiger partial charge in [-0.15, -0.1) is 0 Å². The van der Waals surface area contributed by atoms with Crippen LogP contribution in [0, 0.1) is 0 Å². The van der Waals surface area contributed by atoms with E-state index in [0.29, 0.717) is 18.1 Å². The summed E-state index contributed by atoms with van der Waals surface area (Å²) >= 11 is 0. The Morgan fingerprint density at radius 3 is 2.58 bits per heavy atom. The first kappa shape index (κ1) is 19.4. The Kier molecular flexibility index (Phi) is 5.16. The smallest absolute Gasteiger partial charge is 0.227 e. The number of hydrogen-bond donors (Lipinski definition) is 1. The van der Waals surface area contributed by atoms with E-state index in [-0.39, 0.29) is 5.91 Å². The lowest BCUT2D eigenvalue weighted by molar-refractivity contribution is -0.130. The van der Waals surface area contributed by atoms with E-state index in [1.807, 2.05) is 48.4 Å². The number of anilines is 1. The number of fused-ring (bicyclic) bond motifs is 1. The largest absolute Gasteiger partial charge is 0.368 e. The number of carbonyl (C=O) groups is 1. The van der Waals surface area contributed by atoms with Gasteiger partial charge in [0.05, 0.1) is 6.42 Å². The maximum Gasteiger partial charge on any atom is 0.227 e. The predicted octanol–water partition coefficient (Wildman–Crippen LogP) is 3.67. The number of para-hydroxylation sites is 1. The van der Waals surface area contributed by atoms with E-state index in [0.717, 1.165) is 60.3 Å². The van der Waals surface area contributed by atoms with Crippen LogP contribution in [0.4, 0.5) is 5.69 Å². The Labute approximate surface area is 180 Å². The molecule has 2 aromatic carbocycles. The van der Waals surface area contributed by atoms with E-state index in [2.05, 4.69) is 38.2 Å². The maximum atomic E-state index is 12.9. The number of benzene rings is 2. The number of rotatable bonds is 5. The van der Waals surface area contributed by atoms with Gasteiger partial charge in [-0.05, 0) is 35.9 Å². The van der Waals surface area contributed by atoms with Crippen LogP contribution in [0.15, 0.2) is 59.3 Å². The van der Waals surface area contributed by atoms with Gasteiger partial charge in [-0.1, -0.05) is 30.3 Å². The lowest BCUT2D eigenvalue weighted by Gasteiger charge is -2.36. The van der Waals surface area contributed by atoms with E-state index >= 15 is 0 Å². The van der Waals surface area contributed by atoms with Crippen molar-refractivity contribution in [3.8, 4) is 11.4 Å². The molecular formula is C24H25N5O2. The van der Waals surface area contributed by atoms with Gasteiger partial charge in [0.15, 0.2) is 0 Å². The summed E-state index contributed by atoms with van der Waals surface area (Å²) in [7, 11) is 0. The number of aryl methyl sites for hydroxylation is 1. The Hall–Kier alpha value is -3.61. The van der Waals surface area contributed by atoms with Gasteiger partial charge in [0.1, 0.15) is 0 Å². The molecule has 1 aliphatic rings. The van der Waals surface area contributed by atoms with Gasteiger partial charge in [0, 0.05) is 61.0 Å². The minimum absolute atomic E-state index is 0.184. The lowest BCUT2D eigenvalue weighted by Crippen LogP contribution is -2.49. The molecule has 0 spiro atoms. The second-order valence-electron chi connectivity index (χ2n) is 7.82. The van der Waals surface area contributed by atoms with Crippen LogP contribution in [-0.4, -0.2) is 52.1 Å². The van der Waals surface area contributed by atoms with Gasteiger partial charge < -0.3 is 19.3 Å². The van der Waals surface area contributed by atoms with E-state index in [1.165, 1.54) is 0 Å². The van der Waals surface area contributed by atoms with Crippen LogP contribution >= 0.6 is 0 Å². The molecular weight excluding hydrogens is 390 g/mol. The molecule has 7 heteroatoms. The number of nitrogens with one attached hydrogen (secondary N) is 1. The third kappa shape index (κ3) is 3.91.